The highest BCUT2D eigenvalue weighted by Gasteiger charge is 2.21. The molecule has 1 aromatic rings. The molecule has 108 valence electrons. The Morgan fingerprint density at radius 1 is 1.37 bits per heavy atom. The summed E-state index contributed by atoms with van der Waals surface area (Å²) in [4.78, 5) is 6.31. The summed E-state index contributed by atoms with van der Waals surface area (Å²) in [6, 6.07) is 0. The number of rotatable bonds is 6. The van der Waals surface area contributed by atoms with Crippen molar-refractivity contribution in [1.82, 2.24) is 10.3 Å². The first-order valence-corrected chi connectivity index (χ1v) is 8.29. The Bertz CT molecular complexity index is 383. The molecule has 4 heteroatoms. The number of aryl methyl sites for hydroxylation is 1. The molecular formula is C15H26N2OS. The lowest BCUT2D eigenvalue weighted by Gasteiger charge is -2.19. The maximum absolute atomic E-state index is 5.44. The molecule has 0 radical (unpaired) electrons. The summed E-state index contributed by atoms with van der Waals surface area (Å²) in [5, 5.41) is 4.87. The summed E-state index contributed by atoms with van der Waals surface area (Å²) >= 11 is 1.91. The molecule has 0 amide bonds. The SMILES string of the molecule is CCc1nc(C2CCOCC2)sc1CNCC(C)C. The number of nitrogens with one attached hydrogen (secondary N) is 1. The van der Waals surface area contributed by atoms with Crippen LogP contribution >= 0.6 is 11.3 Å². The smallest absolute Gasteiger partial charge is 0.0964 e. The van der Waals surface area contributed by atoms with Gasteiger partial charge in [0, 0.05) is 30.6 Å². The molecule has 1 aliphatic rings. The number of ether oxygens (including phenoxy) is 1. The van der Waals surface area contributed by atoms with Crippen LogP contribution in [0.15, 0.2) is 0 Å². The standard InChI is InChI=1S/C15H26N2OS/c1-4-13-14(10-16-9-11(2)3)19-15(17-13)12-5-7-18-8-6-12/h11-12,16H,4-10H2,1-3H3. The van der Waals surface area contributed by atoms with Gasteiger partial charge < -0.3 is 10.1 Å². The number of hydrogen-bond acceptors (Lipinski definition) is 4. The molecule has 0 saturated carbocycles. The van der Waals surface area contributed by atoms with Crippen molar-refractivity contribution in [2.75, 3.05) is 19.8 Å². The molecule has 3 nitrogen and oxygen atoms in total. The van der Waals surface area contributed by atoms with Crippen LogP contribution in [0.25, 0.3) is 0 Å². The van der Waals surface area contributed by atoms with Gasteiger partial charge in [-0.25, -0.2) is 4.98 Å². The van der Waals surface area contributed by atoms with E-state index in [1.54, 1.807) is 0 Å². The molecule has 1 aliphatic heterocycles. The van der Waals surface area contributed by atoms with E-state index in [0.717, 1.165) is 45.6 Å². The van der Waals surface area contributed by atoms with Crippen molar-refractivity contribution in [2.24, 2.45) is 5.92 Å². The van der Waals surface area contributed by atoms with Gasteiger partial charge in [-0.05, 0) is 31.7 Å². The third-order valence-corrected chi connectivity index (χ3v) is 4.80. The van der Waals surface area contributed by atoms with Crippen LogP contribution in [0.5, 0.6) is 0 Å². The zero-order valence-corrected chi connectivity index (χ0v) is 13.2. The van der Waals surface area contributed by atoms with Crippen molar-refractivity contribution in [1.29, 1.82) is 0 Å². The van der Waals surface area contributed by atoms with E-state index >= 15 is 0 Å². The minimum atomic E-state index is 0.628. The molecule has 0 aromatic carbocycles. The van der Waals surface area contributed by atoms with Crippen LogP contribution in [-0.2, 0) is 17.7 Å². The van der Waals surface area contributed by atoms with Gasteiger partial charge >= 0.3 is 0 Å². The molecule has 0 bridgehead atoms. The molecule has 2 rings (SSSR count). The molecule has 1 N–H and O–H groups in total. The van der Waals surface area contributed by atoms with Gasteiger partial charge in [-0.2, -0.15) is 0 Å². The fourth-order valence-electron chi connectivity index (χ4n) is 2.41. The fraction of sp³-hybridized carbons (Fsp3) is 0.800. The first-order valence-electron chi connectivity index (χ1n) is 7.47. The van der Waals surface area contributed by atoms with E-state index < -0.39 is 0 Å². The predicted molar refractivity (Wildman–Crippen MR) is 80.8 cm³/mol. The highest BCUT2D eigenvalue weighted by atomic mass is 32.1. The van der Waals surface area contributed by atoms with Crippen molar-refractivity contribution in [3.05, 3.63) is 15.6 Å². The monoisotopic (exact) mass is 282 g/mol. The van der Waals surface area contributed by atoms with Crippen molar-refractivity contribution in [2.45, 2.75) is 52.5 Å². The number of nitrogens with zero attached hydrogens (tertiary/aromatic N) is 1. The molecule has 0 unspecified atom stereocenters. The fourth-order valence-corrected chi connectivity index (χ4v) is 3.70. The molecule has 1 saturated heterocycles. The zero-order valence-electron chi connectivity index (χ0n) is 12.4. The average molecular weight is 282 g/mol. The van der Waals surface area contributed by atoms with Gasteiger partial charge in [-0.1, -0.05) is 20.8 Å². The van der Waals surface area contributed by atoms with Gasteiger partial charge in [0.1, 0.15) is 0 Å². The van der Waals surface area contributed by atoms with Gasteiger partial charge in [0.05, 0.1) is 10.7 Å². The van der Waals surface area contributed by atoms with E-state index in [1.165, 1.54) is 15.6 Å². The van der Waals surface area contributed by atoms with Crippen molar-refractivity contribution >= 4 is 11.3 Å². The molecule has 1 fully saturated rings. The normalized spacial score (nSPS) is 17.3. The van der Waals surface area contributed by atoms with Crippen molar-refractivity contribution < 1.29 is 4.74 Å². The van der Waals surface area contributed by atoms with Gasteiger partial charge in [0.2, 0.25) is 0 Å². The Morgan fingerprint density at radius 2 is 2.11 bits per heavy atom. The molecule has 19 heavy (non-hydrogen) atoms. The largest absolute Gasteiger partial charge is 0.381 e. The van der Waals surface area contributed by atoms with E-state index in [9.17, 15) is 0 Å². The van der Waals surface area contributed by atoms with Crippen LogP contribution in [0.2, 0.25) is 0 Å². The zero-order chi connectivity index (χ0) is 13.7. The molecule has 0 spiro atoms. The Balaban J connectivity index is 1.99. The van der Waals surface area contributed by atoms with E-state index in [-0.39, 0.29) is 0 Å². The van der Waals surface area contributed by atoms with E-state index in [0.29, 0.717) is 11.8 Å². The maximum Gasteiger partial charge on any atom is 0.0964 e. The maximum atomic E-state index is 5.44. The second-order valence-corrected chi connectivity index (χ2v) is 6.80. The van der Waals surface area contributed by atoms with Crippen LogP contribution in [0, 0.1) is 5.92 Å². The minimum Gasteiger partial charge on any atom is -0.381 e. The summed E-state index contributed by atoms with van der Waals surface area (Å²) in [6.07, 6.45) is 3.31. The van der Waals surface area contributed by atoms with E-state index in [4.69, 9.17) is 9.72 Å². The van der Waals surface area contributed by atoms with Crippen LogP contribution < -0.4 is 5.32 Å². The highest BCUT2D eigenvalue weighted by molar-refractivity contribution is 7.11. The van der Waals surface area contributed by atoms with Gasteiger partial charge in [0.25, 0.3) is 0 Å². The molecule has 2 heterocycles. The molecule has 1 aromatic heterocycles. The number of hydrogen-bond donors (Lipinski definition) is 1. The van der Waals surface area contributed by atoms with Gasteiger partial charge in [-0.3, -0.25) is 0 Å². The first kappa shape index (κ1) is 14.9. The van der Waals surface area contributed by atoms with Crippen LogP contribution in [-0.4, -0.2) is 24.7 Å². The Hall–Kier alpha value is -0.450. The number of thiazole rings is 1. The Morgan fingerprint density at radius 3 is 2.74 bits per heavy atom. The van der Waals surface area contributed by atoms with Crippen molar-refractivity contribution in [3.8, 4) is 0 Å². The van der Waals surface area contributed by atoms with Crippen molar-refractivity contribution in [3.63, 3.8) is 0 Å². The topological polar surface area (TPSA) is 34.1 Å². The first-order chi connectivity index (χ1) is 9.20. The second-order valence-electron chi connectivity index (χ2n) is 5.69. The molecule has 0 atom stereocenters. The average Bonchev–Trinajstić information content (AvgIpc) is 2.83. The van der Waals surface area contributed by atoms with Gasteiger partial charge in [0.15, 0.2) is 0 Å². The molecule has 0 aliphatic carbocycles. The third-order valence-electron chi connectivity index (χ3n) is 3.54. The lowest BCUT2D eigenvalue weighted by molar-refractivity contribution is 0.0852. The Kier molecular flexibility index (Phi) is 5.79. The van der Waals surface area contributed by atoms with Gasteiger partial charge in [-0.15, -0.1) is 11.3 Å². The highest BCUT2D eigenvalue weighted by Crippen LogP contribution is 2.32. The van der Waals surface area contributed by atoms with Crippen LogP contribution in [0.1, 0.15) is 55.1 Å². The summed E-state index contributed by atoms with van der Waals surface area (Å²) < 4.78 is 5.44. The van der Waals surface area contributed by atoms with E-state index in [2.05, 4.69) is 26.1 Å². The lowest BCUT2D eigenvalue weighted by atomic mass is 10.0. The number of aromatic nitrogens is 1. The quantitative estimate of drug-likeness (QED) is 0.869. The third kappa shape index (κ3) is 4.26. The lowest BCUT2D eigenvalue weighted by Crippen LogP contribution is -2.18. The summed E-state index contributed by atoms with van der Waals surface area (Å²) in [7, 11) is 0. The Labute approximate surface area is 120 Å². The molecular weight excluding hydrogens is 256 g/mol. The second kappa shape index (κ2) is 7.36. The van der Waals surface area contributed by atoms with E-state index in [1.807, 2.05) is 11.3 Å². The summed E-state index contributed by atoms with van der Waals surface area (Å²) in [6.45, 7) is 10.5. The van der Waals surface area contributed by atoms with Crippen LogP contribution in [0.4, 0.5) is 0 Å². The summed E-state index contributed by atoms with van der Waals surface area (Å²) in [5.74, 6) is 1.33. The minimum absolute atomic E-state index is 0.628. The summed E-state index contributed by atoms with van der Waals surface area (Å²) in [5.41, 5.74) is 1.29. The predicted octanol–water partition coefficient (Wildman–Crippen LogP) is 3.35. The van der Waals surface area contributed by atoms with Crippen LogP contribution in [0.3, 0.4) is 0 Å².